The molecule has 0 radical (unpaired) electrons. The summed E-state index contributed by atoms with van der Waals surface area (Å²) in [5.41, 5.74) is 1.94. The van der Waals surface area contributed by atoms with Gasteiger partial charge in [0.1, 0.15) is 0 Å². The molecule has 0 bridgehead atoms. The highest BCUT2D eigenvalue weighted by atomic mass is 79.9. The minimum absolute atomic E-state index is 0.00380. The molecule has 0 aliphatic carbocycles. The first-order valence-electron chi connectivity index (χ1n) is 8.60. The number of anilines is 1. The minimum atomic E-state index is -3.74. The molecule has 1 aliphatic rings. The van der Waals surface area contributed by atoms with E-state index in [2.05, 4.69) is 31.9 Å². The van der Waals surface area contributed by atoms with Crippen LogP contribution in [-0.4, -0.2) is 37.8 Å². The molecule has 144 valence electrons. The first kappa shape index (κ1) is 20.5. The molecular formula is C19H20Br2N2O3S. The fourth-order valence-electron chi connectivity index (χ4n) is 3.33. The van der Waals surface area contributed by atoms with Crippen LogP contribution in [0.4, 0.5) is 5.69 Å². The van der Waals surface area contributed by atoms with Crippen LogP contribution < -0.4 is 4.90 Å². The third-order valence-electron chi connectivity index (χ3n) is 4.64. The van der Waals surface area contributed by atoms with Gasteiger partial charge in [-0.25, -0.2) is 8.42 Å². The van der Waals surface area contributed by atoms with E-state index in [9.17, 15) is 13.2 Å². The Morgan fingerprint density at radius 1 is 1.15 bits per heavy atom. The highest BCUT2D eigenvalue weighted by Gasteiger charge is 2.34. The molecule has 0 aromatic heterocycles. The van der Waals surface area contributed by atoms with Crippen molar-refractivity contribution in [2.24, 2.45) is 0 Å². The van der Waals surface area contributed by atoms with Gasteiger partial charge in [0.05, 0.1) is 11.4 Å². The lowest BCUT2D eigenvalue weighted by Crippen LogP contribution is -2.45. The number of benzene rings is 2. The molecular weight excluding hydrogens is 496 g/mol. The molecule has 27 heavy (non-hydrogen) atoms. The number of hydrogen-bond acceptors (Lipinski definition) is 3. The Kier molecular flexibility index (Phi) is 6.10. The second kappa shape index (κ2) is 8.03. The van der Waals surface area contributed by atoms with E-state index < -0.39 is 10.0 Å². The maximum Gasteiger partial charge on any atom is 0.243 e. The van der Waals surface area contributed by atoms with E-state index in [1.54, 1.807) is 24.0 Å². The van der Waals surface area contributed by atoms with Crippen LogP contribution in [0.2, 0.25) is 0 Å². The molecule has 3 rings (SSSR count). The van der Waals surface area contributed by atoms with Crippen LogP contribution in [0.5, 0.6) is 0 Å². The van der Waals surface area contributed by atoms with Gasteiger partial charge < -0.3 is 4.90 Å². The zero-order valence-corrected chi connectivity index (χ0v) is 19.0. The molecule has 0 N–H and O–H groups in total. The summed E-state index contributed by atoms with van der Waals surface area (Å²) in [6, 6.07) is 12.2. The van der Waals surface area contributed by atoms with E-state index in [1.807, 2.05) is 25.1 Å². The number of carbonyl (C=O) groups is 1. The predicted molar refractivity (Wildman–Crippen MR) is 113 cm³/mol. The van der Waals surface area contributed by atoms with E-state index in [4.69, 9.17) is 0 Å². The minimum Gasteiger partial charge on any atom is -0.308 e. The van der Waals surface area contributed by atoms with E-state index in [0.717, 1.165) is 26.6 Å². The lowest BCUT2D eigenvalue weighted by atomic mass is 10.1. The van der Waals surface area contributed by atoms with Gasteiger partial charge in [-0.05, 0) is 61.4 Å². The van der Waals surface area contributed by atoms with E-state index in [0.29, 0.717) is 0 Å². The standard InChI is InChI=1S/C19H20Br2N2O3S/c1-3-22(27(25,26)17-7-4-15(20)5-8-17)12-19(24)23-13(2)10-14-11-16(21)6-9-18(14)23/h4-9,11,13H,3,10,12H2,1-2H3/t13-/m1/s1. The summed E-state index contributed by atoms with van der Waals surface area (Å²) < 4.78 is 28.9. The molecule has 1 amide bonds. The molecule has 2 aromatic carbocycles. The fraction of sp³-hybridized carbons (Fsp3) is 0.316. The zero-order valence-electron chi connectivity index (χ0n) is 15.0. The summed E-state index contributed by atoms with van der Waals surface area (Å²) in [5.74, 6) is -0.217. The van der Waals surface area contributed by atoms with Crippen molar-refractivity contribution in [3.63, 3.8) is 0 Å². The maximum atomic E-state index is 13.0. The highest BCUT2D eigenvalue weighted by Crippen LogP contribution is 2.34. The van der Waals surface area contributed by atoms with Crippen molar-refractivity contribution >= 4 is 53.5 Å². The Morgan fingerprint density at radius 3 is 2.41 bits per heavy atom. The molecule has 0 spiro atoms. The second-order valence-electron chi connectivity index (χ2n) is 6.48. The molecule has 0 saturated heterocycles. The van der Waals surface area contributed by atoms with Gasteiger partial charge in [-0.1, -0.05) is 38.8 Å². The van der Waals surface area contributed by atoms with Crippen LogP contribution in [0, 0.1) is 0 Å². The van der Waals surface area contributed by atoms with Gasteiger partial charge >= 0.3 is 0 Å². The largest absolute Gasteiger partial charge is 0.308 e. The number of halogens is 2. The first-order chi connectivity index (χ1) is 12.7. The number of rotatable bonds is 5. The van der Waals surface area contributed by atoms with E-state index in [1.165, 1.54) is 16.4 Å². The van der Waals surface area contributed by atoms with Crippen molar-refractivity contribution in [1.29, 1.82) is 0 Å². The number of carbonyl (C=O) groups excluding carboxylic acids is 1. The molecule has 1 aliphatic heterocycles. The van der Waals surface area contributed by atoms with Crippen LogP contribution in [0.15, 0.2) is 56.3 Å². The van der Waals surface area contributed by atoms with Crippen LogP contribution in [0.3, 0.4) is 0 Å². The van der Waals surface area contributed by atoms with E-state index in [-0.39, 0.29) is 29.9 Å². The van der Waals surface area contributed by atoms with Crippen molar-refractivity contribution < 1.29 is 13.2 Å². The molecule has 1 atom stereocenters. The van der Waals surface area contributed by atoms with Gasteiger partial charge in [0.25, 0.3) is 0 Å². The number of nitrogens with zero attached hydrogens (tertiary/aromatic N) is 2. The Balaban J connectivity index is 1.85. The Hall–Kier alpha value is -1.22. The molecule has 0 saturated carbocycles. The summed E-state index contributed by atoms with van der Waals surface area (Å²) in [7, 11) is -3.74. The van der Waals surface area contributed by atoms with Crippen LogP contribution in [0.25, 0.3) is 0 Å². The van der Waals surface area contributed by atoms with Crippen LogP contribution in [0.1, 0.15) is 19.4 Å². The topological polar surface area (TPSA) is 57.7 Å². The maximum absolute atomic E-state index is 13.0. The number of amides is 1. The van der Waals surface area contributed by atoms with Crippen molar-refractivity contribution in [3.05, 3.63) is 57.0 Å². The van der Waals surface area contributed by atoms with Crippen molar-refractivity contribution in [2.45, 2.75) is 31.2 Å². The van der Waals surface area contributed by atoms with E-state index >= 15 is 0 Å². The SMILES string of the molecule is CCN(CC(=O)N1c2ccc(Br)cc2C[C@H]1C)S(=O)(=O)c1ccc(Br)cc1. The van der Waals surface area contributed by atoms with Crippen molar-refractivity contribution in [3.8, 4) is 0 Å². The Morgan fingerprint density at radius 2 is 1.78 bits per heavy atom. The van der Waals surface area contributed by atoms with Gasteiger partial charge in [0.2, 0.25) is 15.9 Å². The van der Waals surface area contributed by atoms with Gasteiger partial charge in [-0.15, -0.1) is 0 Å². The summed E-state index contributed by atoms with van der Waals surface area (Å²) in [5, 5.41) is 0. The fourth-order valence-corrected chi connectivity index (χ4v) is 5.40. The quantitative estimate of drug-likeness (QED) is 0.599. The third kappa shape index (κ3) is 4.13. The number of sulfonamides is 1. The third-order valence-corrected chi connectivity index (χ3v) is 7.60. The smallest absolute Gasteiger partial charge is 0.243 e. The molecule has 2 aromatic rings. The molecule has 8 heteroatoms. The lowest BCUT2D eigenvalue weighted by molar-refractivity contribution is -0.119. The first-order valence-corrected chi connectivity index (χ1v) is 11.6. The highest BCUT2D eigenvalue weighted by molar-refractivity contribution is 9.10. The molecule has 1 heterocycles. The van der Waals surface area contributed by atoms with Gasteiger partial charge in [-0.3, -0.25) is 4.79 Å². The summed E-state index contributed by atoms with van der Waals surface area (Å²) in [4.78, 5) is 14.9. The second-order valence-corrected chi connectivity index (χ2v) is 10.2. The Labute approximate surface area is 176 Å². The number of hydrogen-bond donors (Lipinski definition) is 0. The average Bonchev–Trinajstić information content (AvgIpc) is 2.94. The summed E-state index contributed by atoms with van der Waals surface area (Å²) in [6.07, 6.45) is 0.756. The van der Waals surface area contributed by atoms with Crippen LogP contribution in [-0.2, 0) is 21.2 Å². The predicted octanol–water partition coefficient (Wildman–Crippen LogP) is 4.20. The average molecular weight is 516 g/mol. The normalized spacial score (nSPS) is 16.6. The molecule has 0 fully saturated rings. The van der Waals surface area contributed by atoms with Crippen molar-refractivity contribution in [2.75, 3.05) is 18.0 Å². The molecule has 5 nitrogen and oxygen atoms in total. The van der Waals surface area contributed by atoms with Crippen LogP contribution >= 0.6 is 31.9 Å². The number of likely N-dealkylation sites (N-methyl/N-ethyl adjacent to an activating group) is 1. The van der Waals surface area contributed by atoms with Gasteiger partial charge in [0, 0.05) is 27.2 Å². The number of fused-ring (bicyclic) bond motifs is 1. The Bertz CT molecular complexity index is 961. The van der Waals surface area contributed by atoms with Gasteiger partial charge in [0.15, 0.2) is 0 Å². The lowest BCUT2D eigenvalue weighted by Gasteiger charge is -2.27. The summed E-state index contributed by atoms with van der Waals surface area (Å²) in [6.45, 7) is 3.75. The van der Waals surface area contributed by atoms with Gasteiger partial charge in [-0.2, -0.15) is 4.31 Å². The summed E-state index contributed by atoms with van der Waals surface area (Å²) >= 11 is 6.76. The molecule has 0 unspecified atom stereocenters. The zero-order chi connectivity index (χ0) is 19.8. The monoisotopic (exact) mass is 514 g/mol. The van der Waals surface area contributed by atoms with Crippen molar-refractivity contribution in [1.82, 2.24) is 4.31 Å².